The Morgan fingerprint density at radius 1 is 1.16 bits per heavy atom. The summed E-state index contributed by atoms with van der Waals surface area (Å²) < 4.78 is 3.96. The molecule has 3 aromatic rings. The summed E-state index contributed by atoms with van der Waals surface area (Å²) in [6.45, 7) is 6.40. The van der Waals surface area contributed by atoms with Crippen LogP contribution >= 0.6 is 0 Å². The maximum absolute atomic E-state index is 4.69. The van der Waals surface area contributed by atoms with Crippen LogP contribution in [0.2, 0.25) is 0 Å². The van der Waals surface area contributed by atoms with Crippen LogP contribution < -0.4 is 0 Å². The van der Waals surface area contributed by atoms with Gasteiger partial charge in [-0.25, -0.2) is 0 Å². The van der Waals surface area contributed by atoms with Gasteiger partial charge in [-0.1, -0.05) is 12.1 Å². The quantitative estimate of drug-likeness (QED) is 0.703. The summed E-state index contributed by atoms with van der Waals surface area (Å²) in [5.74, 6) is 0. The second-order valence-corrected chi connectivity index (χ2v) is 5.20. The Balaban J connectivity index is 2.34. The molecular formula is C15H18N4. The Morgan fingerprint density at radius 3 is 2.68 bits per heavy atom. The maximum Gasteiger partial charge on any atom is 0.118 e. The Kier molecular flexibility index (Phi) is 2.66. The number of fused-ring (bicyclic) bond motifs is 1. The highest BCUT2D eigenvalue weighted by Gasteiger charge is 2.17. The van der Waals surface area contributed by atoms with E-state index in [0.717, 1.165) is 16.9 Å². The van der Waals surface area contributed by atoms with Gasteiger partial charge in [0.15, 0.2) is 0 Å². The van der Waals surface area contributed by atoms with Crippen molar-refractivity contribution in [2.75, 3.05) is 0 Å². The number of aryl methyl sites for hydroxylation is 2. The second-order valence-electron chi connectivity index (χ2n) is 5.20. The zero-order chi connectivity index (χ0) is 13.6. The van der Waals surface area contributed by atoms with Gasteiger partial charge in [-0.2, -0.15) is 10.2 Å². The average molecular weight is 254 g/mol. The zero-order valence-corrected chi connectivity index (χ0v) is 11.8. The third kappa shape index (κ3) is 1.75. The molecule has 3 rings (SSSR count). The van der Waals surface area contributed by atoms with Gasteiger partial charge in [-0.3, -0.25) is 9.36 Å². The van der Waals surface area contributed by atoms with Crippen molar-refractivity contribution in [2.45, 2.75) is 26.8 Å². The minimum absolute atomic E-state index is 0.325. The van der Waals surface area contributed by atoms with E-state index in [2.05, 4.69) is 44.1 Å². The first-order chi connectivity index (χ1) is 9.09. The van der Waals surface area contributed by atoms with Gasteiger partial charge in [0.2, 0.25) is 0 Å². The van der Waals surface area contributed by atoms with Gasteiger partial charge in [0.05, 0.1) is 11.2 Å². The van der Waals surface area contributed by atoms with E-state index in [1.807, 2.05) is 28.7 Å². The number of benzene rings is 1. The molecule has 0 bridgehead atoms. The van der Waals surface area contributed by atoms with Crippen molar-refractivity contribution in [1.29, 1.82) is 0 Å². The monoisotopic (exact) mass is 254 g/mol. The minimum atomic E-state index is 0.325. The Morgan fingerprint density at radius 2 is 1.95 bits per heavy atom. The van der Waals surface area contributed by atoms with Crippen LogP contribution in [0.15, 0.2) is 30.5 Å². The highest BCUT2D eigenvalue weighted by atomic mass is 15.3. The van der Waals surface area contributed by atoms with Crippen molar-refractivity contribution >= 4 is 10.9 Å². The summed E-state index contributed by atoms with van der Waals surface area (Å²) in [6, 6.07) is 8.67. The fourth-order valence-electron chi connectivity index (χ4n) is 2.58. The van der Waals surface area contributed by atoms with E-state index in [1.54, 1.807) is 0 Å². The van der Waals surface area contributed by atoms with E-state index in [0.29, 0.717) is 6.04 Å². The number of hydrogen-bond donors (Lipinski definition) is 0. The average Bonchev–Trinajstić information content (AvgIpc) is 2.95. The molecule has 0 N–H and O–H groups in total. The van der Waals surface area contributed by atoms with E-state index >= 15 is 0 Å². The molecule has 0 aliphatic heterocycles. The van der Waals surface area contributed by atoms with Gasteiger partial charge < -0.3 is 0 Å². The van der Waals surface area contributed by atoms with E-state index in [9.17, 15) is 0 Å². The van der Waals surface area contributed by atoms with Gasteiger partial charge in [0.25, 0.3) is 0 Å². The van der Waals surface area contributed by atoms with Crippen LogP contribution in [0.25, 0.3) is 22.3 Å². The predicted octanol–water partition coefficient (Wildman–Crippen LogP) is 3.33. The lowest BCUT2D eigenvalue weighted by atomic mass is 10.1. The van der Waals surface area contributed by atoms with Crippen molar-refractivity contribution in [3.05, 3.63) is 36.0 Å². The van der Waals surface area contributed by atoms with Crippen molar-refractivity contribution in [1.82, 2.24) is 19.6 Å². The van der Waals surface area contributed by atoms with Crippen LogP contribution in [-0.2, 0) is 7.05 Å². The predicted molar refractivity (Wildman–Crippen MR) is 77.1 cm³/mol. The first-order valence-electron chi connectivity index (χ1n) is 6.56. The lowest BCUT2D eigenvalue weighted by Crippen LogP contribution is -2.05. The van der Waals surface area contributed by atoms with E-state index in [-0.39, 0.29) is 0 Å². The van der Waals surface area contributed by atoms with Crippen LogP contribution in [-0.4, -0.2) is 19.6 Å². The van der Waals surface area contributed by atoms with E-state index in [1.165, 1.54) is 10.9 Å². The summed E-state index contributed by atoms with van der Waals surface area (Å²) in [6.07, 6.45) is 1.84. The number of nitrogens with zero attached hydrogens (tertiary/aromatic N) is 4. The summed E-state index contributed by atoms with van der Waals surface area (Å²) in [7, 11) is 1.99. The molecule has 2 heterocycles. The maximum atomic E-state index is 4.69. The number of hydrogen-bond acceptors (Lipinski definition) is 2. The van der Waals surface area contributed by atoms with Gasteiger partial charge in [0.1, 0.15) is 5.69 Å². The normalized spacial score (nSPS) is 11.6. The molecule has 98 valence electrons. The Bertz CT molecular complexity index is 734. The molecule has 0 spiro atoms. The van der Waals surface area contributed by atoms with Gasteiger partial charge in [-0.15, -0.1) is 0 Å². The topological polar surface area (TPSA) is 35.6 Å². The van der Waals surface area contributed by atoms with Crippen molar-refractivity contribution in [3.8, 4) is 11.4 Å². The molecule has 0 amide bonds. The number of aromatic nitrogens is 4. The molecule has 0 fully saturated rings. The third-order valence-electron chi connectivity index (χ3n) is 3.49. The van der Waals surface area contributed by atoms with Gasteiger partial charge in [0, 0.05) is 24.7 Å². The van der Waals surface area contributed by atoms with Crippen molar-refractivity contribution < 1.29 is 0 Å². The smallest absolute Gasteiger partial charge is 0.118 e. The lowest BCUT2D eigenvalue weighted by molar-refractivity contribution is 0.537. The molecular weight excluding hydrogens is 236 g/mol. The highest BCUT2D eigenvalue weighted by molar-refractivity contribution is 5.95. The van der Waals surface area contributed by atoms with Crippen LogP contribution in [0.5, 0.6) is 0 Å². The second kappa shape index (κ2) is 4.23. The van der Waals surface area contributed by atoms with Gasteiger partial charge >= 0.3 is 0 Å². The summed E-state index contributed by atoms with van der Waals surface area (Å²) in [4.78, 5) is 0. The molecule has 0 atom stereocenters. The largest absolute Gasteiger partial charge is 0.267 e. The molecule has 2 aromatic heterocycles. The number of rotatable bonds is 2. The molecule has 4 nitrogen and oxygen atoms in total. The summed E-state index contributed by atoms with van der Waals surface area (Å²) >= 11 is 0. The Hall–Kier alpha value is -2.10. The molecule has 0 unspecified atom stereocenters. The van der Waals surface area contributed by atoms with Crippen molar-refractivity contribution in [2.24, 2.45) is 7.05 Å². The molecule has 0 aliphatic carbocycles. The molecule has 1 aromatic carbocycles. The molecule has 0 aliphatic rings. The SMILES string of the molecule is Cc1cccc2c1c(-c1ccnn1C(C)C)nn2C. The summed E-state index contributed by atoms with van der Waals surface area (Å²) in [5.41, 5.74) is 4.50. The van der Waals surface area contributed by atoms with Gasteiger partial charge in [-0.05, 0) is 38.5 Å². The third-order valence-corrected chi connectivity index (χ3v) is 3.49. The van der Waals surface area contributed by atoms with Crippen LogP contribution in [0.4, 0.5) is 0 Å². The highest BCUT2D eigenvalue weighted by Crippen LogP contribution is 2.30. The molecule has 0 saturated carbocycles. The first-order valence-corrected chi connectivity index (χ1v) is 6.56. The molecule has 0 saturated heterocycles. The Labute approximate surface area is 112 Å². The first kappa shape index (κ1) is 12.0. The van der Waals surface area contributed by atoms with Crippen LogP contribution in [0.1, 0.15) is 25.5 Å². The lowest BCUT2D eigenvalue weighted by Gasteiger charge is -2.09. The zero-order valence-electron chi connectivity index (χ0n) is 11.8. The van der Waals surface area contributed by atoms with Crippen LogP contribution in [0.3, 0.4) is 0 Å². The fourth-order valence-corrected chi connectivity index (χ4v) is 2.58. The molecule has 19 heavy (non-hydrogen) atoms. The fraction of sp³-hybridized carbons (Fsp3) is 0.333. The summed E-state index contributed by atoms with van der Waals surface area (Å²) in [5, 5.41) is 10.3. The van der Waals surface area contributed by atoms with Crippen LogP contribution in [0, 0.1) is 6.92 Å². The molecule has 4 heteroatoms. The van der Waals surface area contributed by atoms with E-state index in [4.69, 9.17) is 5.10 Å². The standard InChI is InChI=1S/C15H18N4/c1-10(2)19-13(8-9-16-19)15-14-11(3)6-5-7-12(14)18(4)17-15/h5-10H,1-4H3. The minimum Gasteiger partial charge on any atom is -0.267 e. The van der Waals surface area contributed by atoms with Crippen molar-refractivity contribution in [3.63, 3.8) is 0 Å². The molecule has 0 radical (unpaired) electrons. The van der Waals surface area contributed by atoms with E-state index < -0.39 is 0 Å².